The van der Waals surface area contributed by atoms with Crippen LogP contribution in [0.1, 0.15) is 34.9 Å². The SMILES string of the molecule is CCc1ccccc1NC1(C(=O)NCc2ccc(N)nc2C)Cc2ccccc2C1.Cl.Cl. The number of fused-ring (bicyclic) bond motifs is 1. The molecule has 1 aliphatic carbocycles. The average molecular weight is 473 g/mol. The lowest BCUT2D eigenvalue weighted by Gasteiger charge is -2.31. The van der Waals surface area contributed by atoms with Crippen LogP contribution < -0.4 is 16.4 Å². The summed E-state index contributed by atoms with van der Waals surface area (Å²) in [7, 11) is 0. The van der Waals surface area contributed by atoms with Crippen LogP contribution in [0.5, 0.6) is 0 Å². The number of amides is 1. The van der Waals surface area contributed by atoms with Crippen LogP contribution in [0.15, 0.2) is 60.7 Å². The number of nitrogens with zero attached hydrogens (tertiary/aromatic N) is 1. The Hall–Kier alpha value is -2.76. The van der Waals surface area contributed by atoms with Crippen molar-refractivity contribution in [2.24, 2.45) is 0 Å². The molecule has 0 fully saturated rings. The van der Waals surface area contributed by atoms with Crippen molar-refractivity contribution in [3.05, 3.63) is 88.6 Å². The van der Waals surface area contributed by atoms with Gasteiger partial charge < -0.3 is 16.4 Å². The van der Waals surface area contributed by atoms with Crippen LogP contribution in [0.2, 0.25) is 0 Å². The summed E-state index contributed by atoms with van der Waals surface area (Å²) in [6.07, 6.45) is 2.22. The summed E-state index contributed by atoms with van der Waals surface area (Å²) < 4.78 is 0. The molecule has 7 heteroatoms. The van der Waals surface area contributed by atoms with Gasteiger partial charge in [0, 0.05) is 30.8 Å². The molecule has 1 aliphatic rings. The molecule has 32 heavy (non-hydrogen) atoms. The first kappa shape index (κ1) is 25.5. The minimum Gasteiger partial charge on any atom is -0.384 e. The maximum atomic E-state index is 13.6. The summed E-state index contributed by atoms with van der Waals surface area (Å²) in [5.41, 5.74) is 11.5. The lowest BCUT2D eigenvalue weighted by atomic mass is 9.92. The lowest BCUT2D eigenvalue weighted by molar-refractivity contribution is -0.125. The van der Waals surface area contributed by atoms with Crippen molar-refractivity contribution in [3.63, 3.8) is 0 Å². The zero-order chi connectivity index (χ0) is 21.1. The number of hydrogen-bond acceptors (Lipinski definition) is 4. The van der Waals surface area contributed by atoms with Crippen LogP contribution in [-0.2, 0) is 30.6 Å². The molecule has 3 aromatic rings. The molecular formula is C25H30Cl2N4O. The highest BCUT2D eigenvalue weighted by Crippen LogP contribution is 2.34. The van der Waals surface area contributed by atoms with Gasteiger partial charge in [0.1, 0.15) is 11.4 Å². The molecular weight excluding hydrogens is 443 g/mol. The second-order valence-corrected chi connectivity index (χ2v) is 8.00. The van der Waals surface area contributed by atoms with E-state index in [1.54, 1.807) is 6.07 Å². The fourth-order valence-electron chi connectivity index (χ4n) is 4.27. The van der Waals surface area contributed by atoms with Crippen LogP contribution in [0.3, 0.4) is 0 Å². The second-order valence-electron chi connectivity index (χ2n) is 8.00. The number of anilines is 2. The van der Waals surface area contributed by atoms with Gasteiger partial charge in [-0.15, -0.1) is 24.8 Å². The molecule has 1 aromatic heterocycles. The molecule has 0 saturated heterocycles. The Bertz CT molecular complexity index is 1060. The van der Waals surface area contributed by atoms with Crippen LogP contribution in [0.25, 0.3) is 0 Å². The highest BCUT2D eigenvalue weighted by Gasteiger charge is 2.44. The quantitative estimate of drug-likeness (QED) is 0.487. The second kappa shape index (κ2) is 10.7. The Labute approximate surface area is 202 Å². The summed E-state index contributed by atoms with van der Waals surface area (Å²) in [6.45, 7) is 4.47. The van der Waals surface area contributed by atoms with Crippen LogP contribution in [-0.4, -0.2) is 16.4 Å². The van der Waals surface area contributed by atoms with Gasteiger partial charge >= 0.3 is 0 Å². The summed E-state index contributed by atoms with van der Waals surface area (Å²) in [6, 6.07) is 20.2. The maximum absolute atomic E-state index is 13.6. The predicted molar refractivity (Wildman–Crippen MR) is 136 cm³/mol. The number of pyridine rings is 1. The molecule has 0 aliphatic heterocycles. The van der Waals surface area contributed by atoms with Crippen molar-refractivity contribution in [1.29, 1.82) is 0 Å². The van der Waals surface area contributed by atoms with Gasteiger partial charge in [-0.3, -0.25) is 4.79 Å². The predicted octanol–water partition coefficient (Wildman–Crippen LogP) is 4.64. The molecule has 1 amide bonds. The number of nitrogens with one attached hydrogen (secondary N) is 2. The van der Waals surface area contributed by atoms with Crippen LogP contribution in [0.4, 0.5) is 11.5 Å². The van der Waals surface area contributed by atoms with Crippen molar-refractivity contribution in [3.8, 4) is 0 Å². The Morgan fingerprint density at radius 1 is 0.969 bits per heavy atom. The molecule has 0 atom stereocenters. The minimum atomic E-state index is -0.718. The normalized spacial score (nSPS) is 13.3. The molecule has 4 rings (SSSR count). The standard InChI is InChI=1S/C25H28N4O.2ClH/c1-3-18-8-6-7-11-22(18)29-25(14-19-9-4-5-10-20(19)15-25)24(30)27-16-21-12-13-23(26)28-17(21)2;;/h4-13,29H,3,14-16H2,1-2H3,(H2,26,28)(H,27,30);2*1H. The molecule has 4 N–H and O–H groups in total. The third kappa shape index (κ3) is 5.17. The minimum absolute atomic E-state index is 0. The Morgan fingerprint density at radius 3 is 2.22 bits per heavy atom. The molecule has 5 nitrogen and oxygen atoms in total. The van der Waals surface area contributed by atoms with Gasteiger partial charge in [0.25, 0.3) is 0 Å². The van der Waals surface area contributed by atoms with Crippen LogP contribution in [0, 0.1) is 6.92 Å². The Balaban J connectivity index is 0.00000181. The number of aromatic nitrogens is 1. The number of nitrogen functional groups attached to an aromatic ring is 1. The molecule has 1 heterocycles. The first-order valence-electron chi connectivity index (χ1n) is 10.4. The van der Waals surface area contributed by atoms with E-state index in [1.807, 2.05) is 37.3 Å². The van der Waals surface area contributed by atoms with Crippen molar-refractivity contribution in [1.82, 2.24) is 10.3 Å². The van der Waals surface area contributed by atoms with E-state index in [9.17, 15) is 4.79 Å². The van der Waals surface area contributed by atoms with Gasteiger partial charge in [0.2, 0.25) is 5.91 Å². The van der Waals surface area contributed by atoms with Gasteiger partial charge in [0.15, 0.2) is 0 Å². The van der Waals surface area contributed by atoms with Gasteiger partial charge in [-0.1, -0.05) is 55.5 Å². The van der Waals surface area contributed by atoms with E-state index in [0.29, 0.717) is 25.2 Å². The number of carbonyl (C=O) groups is 1. The fraction of sp³-hybridized carbons (Fsp3) is 0.280. The first-order valence-corrected chi connectivity index (χ1v) is 10.4. The number of hydrogen-bond donors (Lipinski definition) is 3. The lowest BCUT2D eigenvalue weighted by Crippen LogP contribution is -2.53. The van der Waals surface area contributed by atoms with E-state index in [2.05, 4.69) is 46.8 Å². The summed E-state index contributed by atoms with van der Waals surface area (Å²) in [5.74, 6) is 0.490. The van der Waals surface area contributed by atoms with E-state index < -0.39 is 5.54 Å². The van der Waals surface area contributed by atoms with E-state index >= 15 is 0 Å². The highest BCUT2D eigenvalue weighted by molar-refractivity contribution is 5.91. The van der Waals surface area contributed by atoms with Crippen molar-refractivity contribution in [2.45, 2.75) is 45.2 Å². The Kier molecular flexibility index (Phi) is 8.53. The third-order valence-corrected chi connectivity index (χ3v) is 5.97. The van der Waals surface area contributed by atoms with E-state index in [1.165, 1.54) is 16.7 Å². The zero-order valence-corrected chi connectivity index (χ0v) is 20.0. The van der Waals surface area contributed by atoms with Gasteiger partial charge in [-0.05, 0) is 47.7 Å². The summed E-state index contributed by atoms with van der Waals surface area (Å²) in [5, 5.41) is 6.79. The van der Waals surface area contributed by atoms with Gasteiger partial charge in [-0.25, -0.2) is 4.98 Å². The number of carbonyl (C=O) groups excluding carboxylic acids is 1. The molecule has 0 unspecified atom stereocenters. The van der Waals surface area contributed by atoms with Gasteiger partial charge in [-0.2, -0.15) is 0 Å². The molecule has 0 radical (unpaired) electrons. The number of benzene rings is 2. The number of rotatable bonds is 6. The first-order chi connectivity index (χ1) is 14.5. The molecule has 2 aromatic carbocycles. The van der Waals surface area contributed by atoms with Crippen molar-refractivity contribution in [2.75, 3.05) is 11.1 Å². The third-order valence-electron chi connectivity index (χ3n) is 5.97. The maximum Gasteiger partial charge on any atom is 0.246 e. The largest absolute Gasteiger partial charge is 0.384 e. The number of nitrogens with two attached hydrogens (primary N) is 1. The number of aryl methyl sites for hydroxylation is 2. The van der Waals surface area contributed by atoms with E-state index in [4.69, 9.17) is 5.73 Å². The Morgan fingerprint density at radius 2 is 1.59 bits per heavy atom. The van der Waals surface area contributed by atoms with Crippen molar-refractivity contribution < 1.29 is 4.79 Å². The zero-order valence-electron chi connectivity index (χ0n) is 18.4. The number of para-hydroxylation sites is 1. The number of halogens is 2. The fourth-order valence-corrected chi connectivity index (χ4v) is 4.27. The molecule has 0 saturated carbocycles. The smallest absolute Gasteiger partial charge is 0.246 e. The monoisotopic (exact) mass is 472 g/mol. The van der Waals surface area contributed by atoms with E-state index in [0.717, 1.165) is 23.4 Å². The molecule has 170 valence electrons. The van der Waals surface area contributed by atoms with E-state index in [-0.39, 0.29) is 30.7 Å². The summed E-state index contributed by atoms with van der Waals surface area (Å²) in [4.78, 5) is 17.9. The molecule has 0 bridgehead atoms. The van der Waals surface area contributed by atoms with Crippen LogP contribution >= 0.6 is 24.8 Å². The van der Waals surface area contributed by atoms with Gasteiger partial charge in [0.05, 0.1) is 0 Å². The van der Waals surface area contributed by atoms with Crippen molar-refractivity contribution >= 4 is 42.2 Å². The highest BCUT2D eigenvalue weighted by atomic mass is 35.5. The average Bonchev–Trinajstić information content (AvgIpc) is 3.12. The summed E-state index contributed by atoms with van der Waals surface area (Å²) >= 11 is 0. The molecule has 0 spiro atoms. The topological polar surface area (TPSA) is 80.0 Å².